The Bertz CT molecular complexity index is 649. The highest BCUT2D eigenvalue weighted by Crippen LogP contribution is 2.25. The van der Waals surface area contributed by atoms with Gasteiger partial charge in [-0.3, -0.25) is 4.79 Å². The number of halogens is 2. The number of aromatic nitrogens is 4. The molecule has 0 bridgehead atoms. The molecule has 1 heterocycles. The van der Waals surface area contributed by atoms with Gasteiger partial charge in [0.25, 0.3) is 0 Å². The van der Waals surface area contributed by atoms with Gasteiger partial charge < -0.3 is 9.84 Å². The van der Waals surface area contributed by atoms with Crippen molar-refractivity contribution < 1.29 is 14.6 Å². The first-order valence-electron chi connectivity index (χ1n) is 5.97. The largest absolute Gasteiger partial charge is 0.481 e. The zero-order valence-electron chi connectivity index (χ0n) is 11.0. The third-order valence-electron chi connectivity index (χ3n) is 2.82. The standard InChI is InChI=1S/C12H12ClIN4O3/c1-21-8(5-11(19)20)6-18-12(15-16-17-18)7-2-3-10(14)9(13)4-7/h2-4,8H,5-6H2,1H3,(H,19,20). The lowest BCUT2D eigenvalue weighted by Gasteiger charge is -2.13. The van der Waals surface area contributed by atoms with Crippen molar-refractivity contribution in [2.75, 3.05) is 7.11 Å². The van der Waals surface area contributed by atoms with E-state index >= 15 is 0 Å². The summed E-state index contributed by atoms with van der Waals surface area (Å²) in [7, 11) is 1.46. The van der Waals surface area contributed by atoms with Crippen molar-refractivity contribution >= 4 is 40.2 Å². The number of carboxylic acids is 1. The summed E-state index contributed by atoms with van der Waals surface area (Å²) >= 11 is 8.23. The number of hydrogen-bond donors (Lipinski definition) is 1. The van der Waals surface area contributed by atoms with Gasteiger partial charge in [0.05, 0.1) is 24.1 Å². The van der Waals surface area contributed by atoms with Gasteiger partial charge in [-0.05, 0) is 51.2 Å². The summed E-state index contributed by atoms with van der Waals surface area (Å²) in [5, 5.41) is 20.9. The van der Waals surface area contributed by atoms with Crippen LogP contribution in [-0.2, 0) is 16.1 Å². The van der Waals surface area contributed by atoms with Gasteiger partial charge in [0.15, 0.2) is 5.82 Å². The number of ether oxygens (including phenoxy) is 1. The highest BCUT2D eigenvalue weighted by molar-refractivity contribution is 14.1. The number of benzene rings is 1. The van der Waals surface area contributed by atoms with Crippen LogP contribution in [0.1, 0.15) is 6.42 Å². The Labute approximate surface area is 139 Å². The van der Waals surface area contributed by atoms with Crippen LogP contribution in [0.25, 0.3) is 11.4 Å². The molecule has 0 fully saturated rings. The quantitative estimate of drug-likeness (QED) is 0.717. The van der Waals surface area contributed by atoms with Crippen LogP contribution in [0.3, 0.4) is 0 Å². The van der Waals surface area contributed by atoms with Crippen molar-refractivity contribution in [2.24, 2.45) is 0 Å². The molecule has 0 aliphatic rings. The van der Waals surface area contributed by atoms with Gasteiger partial charge in [0, 0.05) is 16.2 Å². The fourth-order valence-corrected chi connectivity index (χ4v) is 2.30. The molecule has 0 saturated carbocycles. The molecule has 0 aliphatic carbocycles. The predicted molar refractivity (Wildman–Crippen MR) is 84.0 cm³/mol. The molecule has 0 spiro atoms. The van der Waals surface area contributed by atoms with Crippen molar-refractivity contribution in [3.05, 3.63) is 26.8 Å². The second-order valence-electron chi connectivity index (χ2n) is 4.27. The minimum atomic E-state index is -0.936. The summed E-state index contributed by atoms with van der Waals surface area (Å²) in [5.74, 6) is -0.422. The van der Waals surface area contributed by atoms with Crippen molar-refractivity contribution in [2.45, 2.75) is 19.1 Å². The number of carboxylic acid groups (broad SMARTS) is 1. The molecule has 1 aromatic heterocycles. The molecular weight excluding hydrogens is 411 g/mol. The maximum absolute atomic E-state index is 10.8. The molecular formula is C12H12ClIN4O3. The summed E-state index contributed by atoms with van der Waals surface area (Å²) in [6.07, 6.45) is -0.632. The van der Waals surface area contributed by atoms with E-state index in [-0.39, 0.29) is 13.0 Å². The van der Waals surface area contributed by atoms with E-state index in [1.807, 2.05) is 12.1 Å². The number of rotatable bonds is 6. The Balaban J connectivity index is 2.25. The maximum Gasteiger partial charge on any atom is 0.306 e. The average molecular weight is 423 g/mol. The fourth-order valence-electron chi connectivity index (χ4n) is 1.78. The minimum absolute atomic E-state index is 0.122. The van der Waals surface area contributed by atoms with E-state index in [0.717, 1.165) is 9.13 Å². The molecule has 0 saturated heterocycles. The zero-order chi connectivity index (χ0) is 15.4. The van der Waals surface area contributed by atoms with Crippen LogP contribution in [0.5, 0.6) is 0 Å². The summed E-state index contributed by atoms with van der Waals surface area (Å²) < 4.78 is 7.58. The second kappa shape index (κ2) is 7.14. The van der Waals surface area contributed by atoms with Gasteiger partial charge in [0.2, 0.25) is 0 Å². The predicted octanol–water partition coefficient (Wildman–Crippen LogP) is 2.09. The average Bonchev–Trinajstić information content (AvgIpc) is 2.88. The Hall–Kier alpha value is -1.26. The van der Waals surface area contributed by atoms with E-state index in [0.29, 0.717) is 10.8 Å². The Kier molecular flexibility index (Phi) is 5.48. The molecule has 21 heavy (non-hydrogen) atoms. The molecule has 7 nitrogen and oxygen atoms in total. The van der Waals surface area contributed by atoms with Gasteiger partial charge in [-0.2, -0.15) is 0 Å². The van der Waals surface area contributed by atoms with Gasteiger partial charge in [-0.1, -0.05) is 11.6 Å². The first-order chi connectivity index (χ1) is 10.0. The highest BCUT2D eigenvalue weighted by Gasteiger charge is 2.17. The van der Waals surface area contributed by atoms with Crippen molar-refractivity contribution in [3.63, 3.8) is 0 Å². The third kappa shape index (κ3) is 4.11. The molecule has 2 rings (SSSR count). The number of tetrazole rings is 1. The van der Waals surface area contributed by atoms with E-state index in [2.05, 4.69) is 38.1 Å². The van der Waals surface area contributed by atoms with Gasteiger partial charge in [-0.15, -0.1) is 5.10 Å². The Morgan fingerprint density at radius 1 is 1.57 bits per heavy atom. The highest BCUT2D eigenvalue weighted by atomic mass is 127. The van der Waals surface area contributed by atoms with Crippen LogP contribution < -0.4 is 0 Å². The fraction of sp³-hybridized carbons (Fsp3) is 0.333. The Morgan fingerprint density at radius 3 is 2.95 bits per heavy atom. The van der Waals surface area contributed by atoms with Crippen LogP contribution in [0, 0.1) is 3.57 Å². The van der Waals surface area contributed by atoms with Crippen LogP contribution in [0.4, 0.5) is 0 Å². The van der Waals surface area contributed by atoms with Gasteiger partial charge in [-0.25, -0.2) is 4.68 Å². The van der Waals surface area contributed by atoms with Crippen LogP contribution in [0.2, 0.25) is 5.02 Å². The normalized spacial score (nSPS) is 12.3. The number of carbonyl (C=O) groups is 1. The van der Waals surface area contributed by atoms with Gasteiger partial charge >= 0.3 is 5.97 Å². The molecule has 1 unspecified atom stereocenters. The summed E-state index contributed by atoms with van der Waals surface area (Å²) in [6.45, 7) is 0.245. The SMILES string of the molecule is COC(CC(=O)O)Cn1nnnc1-c1ccc(I)c(Cl)c1. The topological polar surface area (TPSA) is 90.1 Å². The maximum atomic E-state index is 10.8. The molecule has 0 radical (unpaired) electrons. The van der Waals surface area contributed by atoms with E-state index < -0.39 is 12.1 Å². The number of nitrogens with zero attached hydrogens (tertiary/aromatic N) is 4. The first-order valence-corrected chi connectivity index (χ1v) is 7.43. The summed E-state index contributed by atoms with van der Waals surface area (Å²) in [4.78, 5) is 10.8. The summed E-state index contributed by atoms with van der Waals surface area (Å²) in [6, 6.07) is 5.49. The number of aliphatic carboxylic acids is 1. The van der Waals surface area contributed by atoms with Crippen molar-refractivity contribution in [3.8, 4) is 11.4 Å². The molecule has 9 heteroatoms. The van der Waals surface area contributed by atoms with Gasteiger partial charge in [0.1, 0.15) is 0 Å². The van der Waals surface area contributed by atoms with Crippen LogP contribution in [0.15, 0.2) is 18.2 Å². The smallest absolute Gasteiger partial charge is 0.306 e. The zero-order valence-corrected chi connectivity index (χ0v) is 13.9. The molecule has 1 N–H and O–H groups in total. The molecule has 1 aromatic carbocycles. The Morgan fingerprint density at radius 2 is 2.33 bits per heavy atom. The lowest BCUT2D eigenvalue weighted by molar-refractivity contribution is -0.139. The van der Waals surface area contributed by atoms with E-state index in [1.54, 1.807) is 6.07 Å². The second-order valence-corrected chi connectivity index (χ2v) is 5.84. The molecule has 0 amide bonds. The molecule has 112 valence electrons. The lowest BCUT2D eigenvalue weighted by atomic mass is 10.2. The van der Waals surface area contributed by atoms with Crippen molar-refractivity contribution in [1.29, 1.82) is 0 Å². The molecule has 1 atom stereocenters. The van der Waals surface area contributed by atoms with E-state index in [9.17, 15) is 4.79 Å². The van der Waals surface area contributed by atoms with Crippen LogP contribution in [-0.4, -0.2) is 44.5 Å². The minimum Gasteiger partial charge on any atom is -0.481 e. The number of hydrogen-bond acceptors (Lipinski definition) is 5. The monoisotopic (exact) mass is 422 g/mol. The van der Waals surface area contributed by atoms with E-state index in [4.69, 9.17) is 21.4 Å². The van der Waals surface area contributed by atoms with Crippen LogP contribution >= 0.6 is 34.2 Å². The first kappa shape index (κ1) is 16.1. The van der Waals surface area contributed by atoms with Crippen molar-refractivity contribution in [1.82, 2.24) is 20.2 Å². The third-order valence-corrected chi connectivity index (χ3v) is 4.39. The molecule has 0 aliphatic heterocycles. The van der Waals surface area contributed by atoms with E-state index in [1.165, 1.54) is 11.8 Å². The lowest BCUT2D eigenvalue weighted by Crippen LogP contribution is -2.23. The number of methoxy groups -OCH3 is 1. The molecule has 2 aromatic rings. The summed E-state index contributed by atoms with van der Waals surface area (Å²) in [5.41, 5.74) is 0.760.